The van der Waals surface area contributed by atoms with Gasteiger partial charge < -0.3 is 10.0 Å². The highest BCUT2D eigenvalue weighted by molar-refractivity contribution is 5.02. The number of hydrogen-bond acceptors (Lipinski definition) is 4. The van der Waals surface area contributed by atoms with Gasteiger partial charge in [-0.2, -0.15) is 5.10 Å². The van der Waals surface area contributed by atoms with E-state index >= 15 is 0 Å². The van der Waals surface area contributed by atoms with Gasteiger partial charge in [0.05, 0.1) is 6.10 Å². The van der Waals surface area contributed by atoms with Gasteiger partial charge in [0.15, 0.2) is 0 Å². The highest BCUT2D eigenvalue weighted by Gasteiger charge is 2.42. The van der Waals surface area contributed by atoms with Gasteiger partial charge in [-0.05, 0) is 26.9 Å². The summed E-state index contributed by atoms with van der Waals surface area (Å²) >= 11 is 0. The Kier molecular flexibility index (Phi) is 3.49. The van der Waals surface area contributed by atoms with Crippen molar-refractivity contribution < 1.29 is 5.11 Å². The molecule has 1 N–H and O–H groups in total. The zero-order valence-corrected chi connectivity index (χ0v) is 10.9. The topological polar surface area (TPSA) is 54.2 Å². The Morgan fingerprint density at radius 2 is 2.12 bits per heavy atom. The predicted octanol–water partition coefficient (Wildman–Crippen LogP) is 0.593. The van der Waals surface area contributed by atoms with E-state index < -0.39 is 0 Å². The van der Waals surface area contributed by atoms with Crippen molar-refractivity contribution in [3.63, 3.8) is 0 Å². The summed E-state index contributed by atoms with van der Waals surface area (Å²) in [6.07, 6.45) is 6.29. The van der Waals surface area contributed by atoms with Crippen molar-refractivity contribution in [2.45, 2.75) is 43.7 Å². The van der Waals surface area contributed by atoms with Gasteiger partial charge in [0, 0.05) is 19.0 Å². The maximum absolute atomic E-state index is 10.5. The van der Waals surface area contributed by atoms with Crippen LogP contribution in [0.5, 0.6) is 0 Å². The highest BCUT2D eigenvalue weighted by Crippen LogP contribution is 2.37. The third-order valence-electron chi connectivity index (χ3n) is 4.16. The summed E-state index contributed by atoms with van der Waals surface area (Å²) in [5.74, 6) is 0.852. The molecule has 1 aliphatic carbocycles. The van der Waals surface area contributed by atoms with Crippen LogP contribution < -0.4 is 0 Å². The summed E-state index contributed by atoms with van der Waals surface area (Å²) < 4.78 is 1.74. The lowest BCUT2D eigenvalue weighted by atomic mass is 9.87. The molecule has 1 saturated carbocycles. The molecule has 0 aliphatic heterocycles. The Balaban J connectivity index is 2.12. The molecule has 17 heavy (non-hydrogen) atoms. The molecule has 1 aromatic rings. The normalized spacial score (nSPS) is 21.0. The van der Waals surface area contributed by atoms with E-state index in [-0.39, 0.29) is 11.6 Å². The molecule has 0 radical (unpaired) electrons. The molecule has 5 heteroatoms. The van der Waals surface area contributed by atoms with Crippen LogP contribution >= 0.6 is 0 Å². The minimum absolute atomic E-state index is 0.0774. The first kappa shape index (κ1) is 12.5. The van der Waals surface area contributed by atoms with Crippen LogP contribution in [0.25, 0.3) is 0 Å². The van der Waals surface area contributed by atoms with Crippen LogP contribution in [-0.4, -0.2) is 50.5 Å². The standard InChI is InChI=1S/C12H22N4O/c1-15(2)12(6-4-5-7-12)10(17)8-11-13-9-14-16(11)3/h9-10,17H,4-8H2,1-3H3. The molecule has 1 unspecified atom stereocenters. The van der Waals surface area contributed by atoms with Crippen molar-refractivity contribution in [1.82, 2.24) is 19.7 Å². The van der Waals surface area contributed by atoms with Crippen LogP contribution in [0.15, 0.2) is 6.33 Å². The number of aliphatic hydroxyl groups is 1. The lowest BCUT2D eigenvalue weighted by molar-refractivity contribution is -0.00403. The number of aryl methyl sites for hydroxylation is 1. The molecule has 1 aliphatic rings. The molecule has 2 rings (SSSR count). The molecule has 0 amide bonds. The molecular weight excluding hydrogens is 216 g/mol. The van der Waals surface area contributed by atoms with Crippen molar-refractivity contribution in [2.75, 3.05) is 14.1 Å². The predicted molar refractivity (Wildman–Crippen MR) is 65.6 cm³/mol. The zero-order valence-electron chi connectivity index (χ0n) is 10.9. The van der Waals surface area contributed by atoms with Crippen LogP contribution in [0, 0.1) is 0 Å². The number of nitrogens with zero attached hydrogens (tertiary/aromatic N) is 4. The Labute approximate surface area is 102 Å². The summed E-state index contributed by atoms with van der Waals surface area (Å²) in [4.78, 5) is 6.37. The van der Waals surface area contributed by atoms with E-state index in [1.165, 1.54) is 12.8 Å². The van der Waals surface area contributed by atoms with E-state index in [0.29, 0.717) is 6.42 Å². The first-order valence-corrected chi connectivity index (χ1v) is 6.24. The molecule has 1 fully saturated rings. The lowest BCUT2D eigenvalue weighted by Gasteiger charge is -2.40. The third-order valence-corrected chi connectivity index (χ3v) is 4.16. The molecule has 5 nitrogen and oxygen atoms in total. The number of aromatic nitrogens is 3. The second-order valence-corrected chi connectivity index (χ2v) is 5.22. The summed E-state index contributed by atoms with van der Waals surface area (Å²) in [5.41, 5.74) is -0.0774. The number of hydrogen-bond donors (Lipinski definition) is 1. The Bertz CT molecular complexity index is 368. The van der Waals surface area contributed by atoms with Gasteiger partial charge in [0.25, 0.3) is 0 Å². The molecular formula is C12H22N4O. The fraction of sp³-hybridized carbons (Fsp3) is 0.833. The van der Waals surface area contributed by atoms with Crippen LogP contribution in [0.1, 0.15) is 31.5 Å². The van der Waals surface area contributed by atoms with Crippen molar-refractivity contribution in [3.8, 4) is 0 Å². The average Bonchev–Trinajstić information content (AvgIpc) is 2.89. The summed E-state index contributed by atoms with van der Waals surface area (Å²) in [6.45, 7) is 0. The summed E-state index contributed by atoms with van der Waals surface area (Å²) in [6, 6.07) is 0. The van der Waals surface area contributed by atoms with Gasteiger partial charge in [0.2, 0.25) is 0 Å². The van der Waals surface area contributed by atoms with E-state index in [4.69, 9.17) is 0 Å². The Hall–Kier alpha value is -0.940. The van der Waals surface area contributed by atoms with Crippen LogP contribution in [0.4, 0.5) is 0 Å². The van der Waals surface area contributed by atoms with Gasteiger partial charge in [-0.25, -0.2) is 4.98 Å². The summed E-state index contributed by atoms with van der Waals surface area (Å²) in [7, 11) is 5.99. The van der Waals surface area contributed by atoms with E-state index in [1.54, 1.807) is 11.0 Å². The second-order valence-electron chi connectivity index (χ2n) is 5.22. The Morgan fingerprint density at radius 1 is 1.47 bits per heavy atom. The van der Waals surface area contributed by atoms with E-state index in [0.717, 1.165) is 18.7 Å². The number of aliphatic hydroxyl groups excluding tert-OH is 1. The van der Waals surface area contributed by atoms with E-state index in [1.807, 2.05) is 7.05 Å². The van der Waals surface area contributed by atoms with Crippen molar-refractivity contribution in [2.24, 2.45) is 7.05 Å². The summed E-state index contributed by atoms with van der Waals surface area (Å²) in [5, 5.41) is 14.6. The molecule has 1 atom stereocenters. The molecule has 0 spiro atoms. The van der Waals surface area contributed by atoms with Gasteiger partial charge in [0.1, 0.15) is 12.2 Å². The second kappa shape index (κ2) is 4.74. The van der Waals surface area contributed by atoms with E-state index in [9.17, 15) is 5.11 Å². The molecule has 1 aromatic heterocycles. The maximum atomic E-state index is 10.5. The van der Waals surface area contributed by atoms with Crippen molar-refractivity contribution in [3.05, 3.63) is 12.2 Å². The van der Waals surface area contributed by atoms with Gasteiger partial charge in [-0.15, -0.1) is 0 Å². The first-order chi connectivity index (χ1) is 8.06. The zero-order chi connectivity index (χ0) is 12.5. The monoisotopic (exact) mass is 238 g/mol. The lowest BCUT2D eigenvalue weighted by Crippen LogP contribution is -2.52. The van der Waals surface area contributed by atoms with E-state index in [2.05, 4.69) is 29.1 Å². The van der Waals surface area contributed by atoms with Crippen LogP contribution in [0.2, 0.25) is 0 Å². The quantitative estimate of drug-likeness (QED) is 0.834. The molecule has 0 aromatic carbocycles. The third kappa shape index (κ3) is 2.21. The fourth-order valence-corrected chi connectivity index (χ4v) is 2.93. The minimum atomic E-state index is -0.372. The first-order valence-electron chi connectivity index (χ1n) is 6.24. The molecule has 0 saturated heterocycles. The largest absolute Gasteiger partial charge is 0.391 e. The van der Waals surface area contributed by atoms with Crippen LogP contribution in [0.3, 0.4) is 0 Å². The average molecular weight is 238 g/mol. The fourth-order valence-electron chi connectivity index (χ4n) is 2.93. The van der Waals surface area contributed by atoms with Crippen molar-refractivity contribution in [1.29, 1.82) is 0 Å². The molecule has 0 bridgehead atoms. The van der Waals surface area contributed by atoms with Crippen LogP contribution in [-0.2, 0) is 13.5 Å². The van der Waals surface area contributed by atoms with Gasteiger partial charge in [-0.3, -0.25) is 4.68 Å². The Morgan fingerprint density at radius 3 is 2.59 bits per heavy atom. The van der Waals surface area contributed by atoms with Gasteiger partial charge in [-0.1, -0.05) is 12.8 Å². The SMILES string of the molecule is CN(C)C1(C(O)Cc2ncnn2C)CCCC1. The molecule has 96 valence electrons. The number of rotatable bonds is 4. The highest BCUT2D eigenvalue weighted by atomic mass is 16.3. The molecule has 1 heterocycles. The maximum Gasteiger partial charge on any atom is 0.138 e. The minimum Gasteiger partial charge on any atom is -0.391 e. The number of likely N-dealkylation sites (N-methyl/N-ethyl adjacent to an activating group) is 1. The van der Waals surface area contributed by atoms with Crippen molar-refractivity contribution >= 4 is 0 Å². The van der Waals surface area contributed by atoms with Gasteiger partial charge >= 0.3 is 0 Å². The smallest absolute Gasteiger partial charge is 0.138 e.